The normalized spacial score (nSPS) is 16.4. The third-order valence-electron chi connectivity index (χ3n) is 2.14. The van der Waals surface area contributed by atoms with Gasteiger partial charge in [0.05, 0.1) is 0 Å². The van der Waals surface area contributed by atoms with E-state index in [2.05, 4.69) is 0 Å². The molecule has 0 aliphatic heterocycles. The standard InChI is InChI=1S/C11H10F2OS/c12-11(13,15-9-6-7-9)10(14)8-4-2-1-3-5-8/h1-5,9H,6-7H2. The van der Waals surface area contributed by atoms with Gasteiger partial charge in [-0.05, 0) is 12.8 Å². The Labute approximate surface area is 90.9 Å². The predicted octanol–water partition coefficient (Wildman–Crippen LogP) is 3.36. The van der Waals surface area contributed by atoms with Crippen LogP contribution in [0.2, 0.25) is 0 Å². The van der Waals surface area contributed by atoms with Gasteiger partial charge in [-0.3, -0.25) is 4.79 Å². The molecule has 2 rings (SSSR count). The first-order chi connectivity index (χ1) is 7.09. The average molecular weight is 228 g/mol. The molecule has 1 aliphatic carbocycles. The van der Waals surface area contributed by atoms with Crippen LogP contribution in [0.1, 0.15) is 23.2 Å². The predicted molar refractivity (Wildman–Crippen MR) is 56.3 cm³/mol. The maximum absolute atomic E-state index is 13.4. The smallest absolute Gasteiger partial charge is 0.286 e. The SMILES string of the molecule is O=C(c1ccccc1)C(F)(F)SC1CC1. The van der Waals surface area contributed by atoms with Crippen molar-refractivity contribution < 1.29 is 13.6 Å². The highest BCUT2D eigenvalue weighted by molar-refractivity contribution is 8.01. The van der Waals surface area contributed by atoms with Gasteiger partial charge in [0.25, 0.3) is 0 Å². The largest absolute Gasteiger partial charge is 0.356 e. The van der Waals surface area contributed by atoms with E-state index in [9.17, 15) is 13.6 Å². The molecule has 1 aromatic carbocycles. The van der Waals surface area contributed by atoms with E-state index in [4.69, 9.17) is 0 Å². The summed E-state index contributed by atoms with van der Waals surface area (Å²) in [6.07, 6.45) is 1.59. The van der Waals surface area contributed by atoms with Crippen molar-refractivity contribution in [3.8, 4) is 0 Å². The summed E-state index contributed by atoms with van der Waals surface area (Å²) in [5, 5.41) is -3.31. The van der Waals surface area contributed by atoms with E-state index in [0.29, 0.717) is 11.8 Å². The number of benzene rings is 1. The average Bonchev–Trinajstić information content (AvgIpc) is 3.01. The molecular formula is C11H10F2OS. The zero-order chi connectivity index (χ0) is 10.9. The summed E-state index contributed by atoms with van der Waals surface area (Å²) in [7, 11) is 0. The number of carbonyl (C=O) groups excluding carboxylic acids is 1. The molecule has 0 spiro atoms. The van der Waals surface area contributed by atoms with Gasteiger partial charge in [0.1, 0.15) is 0 Å². The van der Waals surface area contributed by atoms with Crippen molar-refractivity contribution >= 4 is 17.5 Å². The van der Waals surface area contributed by atoms with Crippen molar-refractivity contribution in [2.45, 2.75) is 23.3 Å². The number of ketones is 1. The van der Waals surface area contributed by atoms with Crippen LogP contribution in [0, 0.1) is 0 Å². The third kappa shape index (κ3) is 2.56. The van der Waals surface area contributed by atoms with Gasteiger partial charge in [0.2, 0.25) is 5.78 Å². The Morgan fingerprint density at radius 3 is 2.40 bits per heavy atom. The van der Waals surface area contributed by atoms with Crippen molar-refractivity contribution in [1.29, 1.82) is 0 Å². The van der Waals surface area contributed by atoms with Gasteiger partial charge < -0.3 is 0 Å². The number of alkyl halides is 2. The first-order valence-electron chi connectivity index (χ1n) is 4.75. The third-order valence-corrected chi connectivity index (χ3v) is 3.43. The fourth-order valence-corrected chi connectivity index (χ4v) is 2.22. The molecule has 0 heterocycles. The Bertz CT molecular complexity index is 360. The Kier molecular flexibility index (Phi) is 2.78. The van der Waals surface area contributed by atoms with Gasteiger partial charge >= 0.3 is 5.25 Å². The van der Waals surface area contributed by atoms with E-state index in [1.54, 1.807) is 18.2 Å². The molecule has 0 radical (unpaired) electrons. The number of rotatable bonds is 4. The Balaban J connectivity index is 2.12. The molecule has 15 heavy (non-hydrogen) atoms. The van der Waals surface area contributed by atoms with Crippen LogP contribution in [-0.2, 0) is 0 Å². The number of halogens is 2. The zero-order valence-electron chi connectivity index (χ0n) is 7.95. The van der Waals surface area contributed by atoms with Crippen LogP contribution in [-0.4, -0.2) is 16.3 Å². The number of Topliss-reactive ketones (excluding diaryl/α,β-unsaturated/α-hetero) is 1. The minimum absolute atomic E-state index is 0.0346. The highest BCUT2D eigenvalue weighted by Gasteiger charge is 2.44. The lowest BCUT2D eigenvalue weighted by Crippen LogP contribution is -2.25. The summed E-state index contributed by atoms with van der Waals surface area (Å²) in [6, 6.07) is 7.71. The molecule has 0 N–H and O–H groups in total. The van der Waals surface area contributed by atoms with Crippen molar-refractivity contribution in [1.82, 2.24) is 0 Å². The lowest BCUT2D eigenvalue weighted by Gasteiger charge is -2.13. The zero-order valence-corrected chi connectivity index (χ0v) is 8.77. The topological polar surface area (TPSA) is 17.1 Å². The molecule has 1 aromatic rings. The second-order valence-corrected chi connectivity index (χ2v) is 4.94. The van der Waals surface area contributed by atoms with Crippen LogP contribution in [0.25, 0.3) is 0 Å². The monoisotopic (exact) mass is 228 g/mol. The number of thioether (sulfide) groups is 1. The minimum Gasteiger partial charge on any atom is -0.286 e. The summed E-state index contributed by atoms with van der Waals surface area (Å²) in [4.78, 5) is 11.5. The van der Waals surface area contributed by atoms with Crippen molar-refractivity contribution in [3.05, 3.63) is 35.9 Å². The van der Waals surface area contributed by atoms with Crippen molar-refractivity contribution in [3.63, 3.8) is 0 Å². The highest BCUT2D eigenvalue weighted by Crippen LogP contribution is 2.45. The number of carbonyl (C=O) groups is 1. The maximum Gasteiger partial charge on any atom is 0.356 e. The lowest BCUT2D eigenvalue weighted by atomic mass is 10.1. The van der Waals surface area contributed by atoms with Gasteiger partial charge in [0.15, 0.2) is 0 Å². The fourth-order valence-electron chi connectivity index (χ4n) is 1.21. The Morgan fingerprint density at radius 1 is 1.27 bits per heavy atom. The number of hydrogen-bond acceptors (Lipinski definition) is 2. The van der Waals surface area contributed by atoms with E-state index >= 15 is 0 Å². The molecule has 0 saturated heterocycles. The molecule has 80 valence electrons. The second-order valence-electron chi connectivity index (χ2n) is 3.53. The summed E-state index contributed by atoms with van der Waals surface area (Å²) >= 11 is 0.488. The molecular weight excluding hydrogens is 218 g/mol. The maximum atomic E-state index is 13.4. The van der Waals surface area contributed by atoms with Gasteiger partial charge in [0, 0.05) is 10.8 Å². The first-order valence-corrected chi connectivity index (χ1v) is 5.63. The van der Waals surface area contributed by atoms with E-state index in [-0.39, 0.29) is 10.8 Å². The summed E-state index contributed by atoms with van der Waals surface area (Å²) in [5.41, 5.74) is 0.0793. The van der Waals surface area contributed by atoms with E-state index in [1.807, 2.05) is 0 Å². The summed E-state index contributed by atoms with van der Waals surface area (Å²) in [5.74, 6) is -1.08. The lowest BCUT2D eigenvalue weighted by molar-refractivity contribution is 0.0566. The van der Waals surface area contributed by atoms with Gasteiger partial charge in [-0.25, -0.2) is 0 Å². The van der Waals surface area contributed by atoms with Crippen LogP contribution in [0.15, 0.2) is 30.3 Å². The van der Waals surface area contributed by atoms with Crippen LogP contribution >= 0.6 is 11.8 Å². The molecule has 1 nitrogen and oxygen atoms in total. The van der Waals surface area contributed by atoms with E-state index in [1.165, 1.54) is 12.1 Å². The number of hydrogen-bond donors (Lipinski definition) is 0. The second kappa shape index (κ2) is 3.93. The van der Waals surface area contributed by atoms with Crippen LogP contribution < -0.4 is 0 Å². The molecule has 0 atom stereocenters. The fraction of sp³-hybridized carbons (Fsp3) is 0.364. The van der Waals surface area contributed by atoms with Gasteiger partial charge in [-0.2, -0.15) is 8.78 Å². The molecule has 0 unspecified atom stereocenters. The van der Waals surface area contributed by atoms with Crippen LogP contribution in [0.3, 0.4) is 0 Å². The minimum atomic E-state index is -3.28. The molecule has 0 aromatic heterocycles. The summed E-state index contributed by atoms with van der Waals surface area (Å²) in [6.45, 7) is 0. The molecule has 0 amide bonds. The molecule has 1 saturated carbocycles. The molecule has 0 bridgehead atoms. The van der Waals surface area contributed by atoms with Crippen molar-refractivity contribution in [2.75, 3.05) is 0 Å². The van der Waals surface area contributed by atoms with E-state index in [0.717, 1.165) is 12.8 Å². The van der Waals surface area contributed by atoms with Crippen molar-refractivity contribution in [2.24, 2.45) is 0 Å². The highest BCUT2D eigenvalue weighted by atomic mass is 32.2. The van der Waals surface area contributed by atoms with Crippen LogP contribution in [0.4, 0.5) is 8.78 Å². The van der Waals surface area contributed by atoms with Gasteiger partial charge in [-0.15, -0.1) is 0 Å². The molecule has 4 heteroatoms. The van der Waals surface area contributed by atoms with Gasteiger partial charge in [-0.1, -0.05) is 42.1 Å². The first kappa shape index (κ1) is 10.6. The molecule has 1 fully saturated rings. The van der Waals surface area contributed by atoms with E-state index < -0.39 is 11.0 Å². The quantitative estimate of drug-likeness (QED) is 0.735. The Hall–Kier alpha value is -0.900. The summed E-state index contributed by atoms with van der Waals surface area (Å²) < 4.78 is 26.8. The molecule has 1 aliphatic rings. The van der Waals surface area contributed by atoms with Crippen LogP contribution in [0.5, 0.6) is 0 Å². The Morgan fingerprint density at radius 2 is 1.87 bits per heavy atom.